The normalized spacial score (nSPS) is 16.1. The molecule has 1 atom stereocenters. The van der Waals surface area contributed by atoms with Crippen molar-refractivity contribution in [1.82, 2.24) is 25.4 Å². The van der Waals surface area contributed by atoms with Crippen molar-refractivity contribution in [2.75, 3.05) is 13.7 Å². The first-order valence-corrected chi connectivity index (χ1v) is 10.4. The topological polar surface area (TPSA) is 76.4 Å². The van der Waals surface area contributed by atoms with Gasteiger partial charge in [-0.2, -0.15) is 0 Å². The Kier molecular flexibility index (Phi) is 7.43. The highest BCUT2D eigenvalue weighted by atomic mass is 19.1. The van der Waals surface area contributed by atoms with Gasteiger partial charge in [0, 0.05) is 19.0 Å². The molecule has 2 N–H and O–H groups in total. The molecule has 0 bridgehead atoms. The van der Waals surface area contributed by atoms with Gasteiger partial charge in [0.2, 0.25) is 0 Å². The van der Waals surface area contributed by atoms with Crippen molar-refractivity contribution in [1.29, 1.82) is 0 Å². The van der Waals surface area contributed by atoms with Crippen molar-refractivity contribution >= 4 is 5.96 Å². The molecule has 0 aliphatic heterocycles. The zero-order valence-corrected chi connectivity index (χ0v) is 17.5. The van der Waals surface area contributed by atoms with Gasteiger partial charge in [0.25, 0.3) is 0 Å². The molecule has 7 nitrogen and oxygen atoms in total. The molecule has 8 heteroatoms. The monoisotopic (exact) mass is 402 g/mol. The van der Waals surface area contributed by atoms with Gasteiger partial charge < -0.3 is 19.9 Å². The van der Waals surface area contributed by atoms with E-state index in [2.05, 4.69) is 27.8 Å². The molecule has 0 spiro atoms. The van der Waals surface area contributed by atoms with Crippen LogP contribution in [0.2, 0.25) is 0 Å². The average molecular weight is 403 g/mol. The maximum absolute atomic E-state index is 14.1. The van der Waals surface area contributed by atoms with Crippen molar-refractivity contribution in [2.45, 2.75) is 64.6 Å². The molecule has 1 saturated carbocycles. The molecule has 1 aromatic heterocycles. The number of hydrogen-bond donors (Lipinski definition) is 2. The van der Waals surface area contributed by atoms with Crippen LogP contribution in [0.4, 0.5) is 4.39 Å². The summed E-state index contributed by atoms with van der Waals surface area (Å²) in [6.45, 7) is 5.40. The number of guanidine groups is 1. The fourth-order valence-corrected chi connectivity index (χ4v) is 3.65. The number of nitrogens with one attached hydrogen (secondary N) is 2. The van der Waals surface area contributed by atoms with Crippen LogP contribution in [0.1, 0.15) is 57.0 Å². The Morgan fingerprint density at radius 2 is 2.17 bits per heavy atom. The fraction of sp³-hybridized carbons (Fsp3) is 0.571. The Balaban J connectivity index is 1.67. The second kappa shape index (κ2) is 10.2. The Morgan fingerprint density at radius 3 is 2.86 bits per heavy atom. The Labute approximate surface area is 171 Å². The van der Waals surface area contributed by atoms with Gasteiger partial charge in [0.05, 0.1) is 19.7 Å². The minimum absolute atomic E-state index is 0.0934. The number of ether oxygens (including phenoxy) is 1. The molecule has 1 aliphatic rings. The third-order valence-corrected chi connectivity index (χ3v) is 5.35. The van der Waals surface area contributed by atoms with Crippen molar-refractivity contribution in [3.8, 4) is 5.75 Å². The number of nitrogens with zero attached hydrogens (tertiary/aromatic N) is 4. The van der Waals surface area contributed by atoms with Crippen LogP contribution < -0.4 is 15.4 Å². The quantitative estimate of drug-likeness (QED) is 0.524. The molecule has 0 amide bonds. The molecule has 0 saturated heterocycles. The van der Waals surface area contributed by atoms with E-state index in [0.29, 0.717) is 12.6 Å². The largest absolute Gasteiger partial charge is 0.494 e. The predicted octanol–water partition coefficient (Wildman–Crippen LogP) is 3.23. The van der Waals surface area contributed by atoms with E-state index in [9.17, 15) is 4.39 Å². The fourth-order valence-electron chi connectivity index (χ4n) is 3.65. The lowest BCUT2D eigenvalue weighted by Crippen LogP contribution is -2.43. The summed E-state index contributed by atoms with van der Waals surface area (Å²) in [4.78, 5) is 4.76. The highest BCUT2D eigenvalue weighted by Gasteiger charge is 2.18. The number of aromatic nitrogens is 3. The number of aryl methyl sites for hydroxylation is 1. The van der Waals surface area contributed by atoms with Crippen molar-refractivity contribution in [3.63, 3.8) is 0 Å². The van der Waals surface area contributed by atoms with Crippen molar-refractivity contribution in [2.24, 2.45) is 4.99 Å². The molecule has 1 fully saturated rings. The van der Waals surface area contributed by atoms with Gasteiger partial charge >= 0.3 is 0 Å². The summed E-state index contributed by atoms with van der Waals surface area (Å²) in [6, 6.07) is 5.38. The van der Waals surface area contributed by atoms with Gasteiger partial charge in [0.15, 0.2) is 17.5 Å². The number of methoxy groups -OCH3 is 1. The number of rotatable bonds is 8. The first-order chi connectivity index (χ1) is 14.1. The highest BCUT2D eigenvalue weighted by molar-refractivity contribution is 5.80. The first kappa shape index (κ1) is 21.1. The van der Waals surface area contributed by atoms with Crippen LogP contribution in [-0.2, 0) is 13.0 Å². The molecule has 3 rings (SSSR count). The number of halogens is 1. The van der Waals surface area contributed by atoms with Gasteiger partial charge in [-0.3, -0.25) is 4.99 Å². The average Bonchev–Trinajstić information content (AvgIpc) is 3.39. The minimum atomic E-state index is -0.361. The SMILES string of the molecule is CCc1nncn1CCN=C(NC1CCCC1)NC(C)c1ccc(OC)c(F)c1. The molecule has 1 aromatic carbocycles. The number of benzene rings is 1. The summed E-state index contributed by atoms with van der Waals surface area (Å²) in [5.74, 6) is 1.60. The Hall–Kier alpha value is -2.64. The molecule has 158 valence electrons. The van der Waals surface area contributed by atoms with Gasteiger partial charge in [-0.25, -0.2) is 4.39 Å². The Bertz CT molecular complexity index is 815. The molecule has 2 aromatic rings. The summed E-state index contributed by atoms with van der Waals surface area (Å²) in [7, 11) is 1.47. The second-order valence-electron chi connectivity index (χ2n) is 7.41. The van der Waals surface area contributed by atoms with Gasteiger partial charge in [0.1, 0.15) is 12.2 Å². The summed E-state index contributed by atoms with van der Waals surface area (Å²) in [5, 5.41) is 15.1. The van der Waals surface area contributed by atoms with Crippen LogP contribution in [0.25, 0.3) is 0 Å². The molecular formula is C21H31FN6O. The molecule has 1 unspecified atom stereocenters. The van der Waals surface area contributed by atoms with Gasteiger partial charge in [-0.15, -0.1) is 10.2 Å². The Morgan fingerprint density at radius 1 is 1.38 bits per heavy atom. The van der Waals surface area contributed by atoms with Crippen LogP contribution in [-0.4, -0.2) is 40.4 Å². The van der Waals surface area contributed by atoms with E-state index in [1.54, 1.807) is 12.4 Å². The highest BCUT2D eigenvalue weighted by Crippen LogP contribution is 2.22. The van der Waals surface area contributed by atoms with Crippen molar-refractivity contribution < 1.29 is 9.13 Å². The lowest BCUT2D eigenvalue weighted by Gasteiger charge is -2.22. The third-order valence-electron chi connectivity index (χ3n) is 5.35. The summed E-state index contributed by atoms with van der Waals surface area (Å²) in [6.07, 6.45) is 7.37. The minimum Gasteiger partial charge on any atom is -0.494 e. The van der Waals surface area contributed by atoms with Crippen LogP contribution in [0.5, 0.6) is 5.75 Å². The molecule has 1 aliphatic carbocycles. The van der Waals surface area contributed by atoms with E-state index >= 15 is 0 Å². The molecule has 29 heavy (non-hydrogen) atoms. The van der Waals surface area contributed by atoms with Crippen LogP contribution in [0.15, 0.2) is 29.5 Å². The van der Waals surface area contributed by atoms with Crippen molar-refractivity contribution in [3.05, 3.63) is 41.7 Å². The van der Waals surface area contributed by atoms with E-state index in [-0.39, 0.29) is 17.6 Å². The summed E-state index contributed by atoms with van der Waals surface area (Å²) < 4.78 is 21.1. The molecular weight excluding hydrogens is 371 g/mol. The summed E-state index contributed by atoms with van der Waals surface area (Å²) >= 11 is 0. The smallest absolute Gasteiger partial charge is 0.192 e. The number of aliphatic imine (C=N–C) groups is 1. The first-order valence-electron chi connectivity index (χ1n) is 10.4. The van der Waals surface area contributed by atoms with Crippen LogP contribution in [0.3, 0.4) is 0 Å². The predicted molar refractivity (Wildman–Crippen MR) is 112 cm³/mol. The van der Waals surface area contributed by atoms with E-state index in [1.807, 2.05) is 17.6 Å². The lowest BCUT2D eigenvalue weighted by molar-refractivity contribution is 0.386. The number of hydrogen-bond acceptors (Lipinski definition) is 4. The standard InChI is InChI=1S/C21H31FN6O/c1-4-20-27-24-14-28(20)12-11-23-21(26-17-7-5-6-8-17)25-15(2)16-9-10-19(29-3)18(22)13-16/h9-10,13-15,17H,4-8,11-12H2,1-3H3,(H2,23,25,26). The maximum Gasteiger partial charge on any atom is 0.192 e. The van der Waals surface area contributed by atoms with E-state index in [0.717, 1.165) is 43.2 Å². The zero-order chi connectivity index (χ0) is 20.6. The van der Waals surface area contributed by atoms with E-state index in [4.69, 9.17) is 9.73 Å². The molecule has 1 heterocycles. The van der Waals surface area contributed by atoms with Gasteiger partial charge in [-0.1, -0.05) is 25.8 Å². The molecule has 0 radical (unpaired) electrons. The van der Waals surface area contributed by atoms with Crippen LogP contribution in [0, 0.1) is 5.82 Å². The van der Waals surface area contributed by atoms with Crippen LogP contribution >= 0.6 is 0 Å². The maximum atomic E-state index is 14.1. The lowest BCUT2D eigenvalue weighted by atomic mass is 10.1. The zero-order valence-electron chi connectivity index (χ0n) is 17.5. The van der Waals surface area contributed by atoms with E-state index < -0.39 is 0 Å². The second-order valence-corrected chi connectivity index (χ2v) is 7.41. The third kappa shape index (κ3) is 5.68. The van der Waals surface area contributed by atoms with Gasteiger partial charge in [-0.05, 0) is 37.5 Å². The summed E-state index contributed by atoms with van der Waals surface area (Å²) in [5.41, 5.74) is 0.844. The van der Waals surface area contributed by atoms with E-state index in [1.165, 1.54) is 26.0 Å².